The fourth-order valence-corrected chi connectivity index (χ4v) is 2.43. The first kappa shape index (κ1) is 13.3. The van der Waals surface area contributed by atoms with E-state index >= 15 is 0 Å². The molecule has 0 aliphatic carbocycles. The van der Waals surface area contributed by atoms with E-state index < -0.39 is 0 Å². The lowest BCUT2D eigenvalue weighted by atomic mass is 10.1. The topological polar surface area (TPSA) is 41.6 Å². The van der Waals surface area contributed by atoms with E-state index in [0.29, 0.717) is 6.61 Å². The molecule has 2 fully saturated rings. The summed E-state index contributed by atoms with van der Waals surface area (Å²) in [5, 5.41) is 3.35. The monoisotopic (exact) mass is 250 g/mol. The summed E-state index contributed by atoms with van der Waals surface area (Å²) in [6.45, 7) is 7.99. The molecule has 100 valence electrons. The van der Waals surface area contributed by atoms with Gasteiger partial charge in [-0.2, -0.15) is 0 Å². The van der Waals surface area contributed by atoms with Crippen LogP contribution in [-0.2, 0) is 9.53 Å². The summed E-state index contributed by atoms with van der Waals surface area (Å²) in [5.41, 5.74) is 1.81. The molecule has 2 aliphatic rings. The lowest BCUT2D eigenvalue weighted by Crippen LogP contribution is -2.43. The zero-order valence-electron chi connectivity index (χ0n) is 11.1. The van der Waals surface area contributed by atoms with Gasteiger partial charge in [-0.15, -0.1) is 0 Å². The van der Waals surface area contributed by atoms with Crippen molar-refractivity contribution in [2.45, 2.75) is 19.8 Å². The molecule has 0 aromatic heterocycles. The van der Waals surface area contributed by atoms with Crippen molar-refractivity contribution in [1.29, 1.82) is 0 Å². The van der Waals surface area contributed by atoms with Gasteiger partial charge in [-0.1, -0.05) is 12.2 Å². The minimum atomic E-state index is -0.175. The Hall–Kier alpha value is -1.13. The number of piperazine rings is 1. The Morgan fingerprint density at radius 3 is 2.89 bits per heavy atom. The predicted octanol–water partition coefficient (Wildman–Crippen LogP) is 1.10. The highest BCUT2D eigenvalue weighted by molar-refractivity contribution is 5.96. The van der Waals surface area contributed by atoms with Crippen molar-refractivity contribution in [1.82, 2.24) is 10.2 Å². The van der Waals surface area contributed by atoms with Crippen LogP contribution in [0.25, 0.3) is 0 Å². The highest BCUT2D eigenvalue weighted by Gasteiger charge is 2.22. The second-order valence-corrected chi connectivity index (χ2v) is 4.74. The van der Waals surface area contributed by atoms with Gasteiger partial charge in [-0.3, -0.25) is 0 Å². The van der Waals surface area contributed by atoms with Crippen LogP contribution in [0.15, 0.2) is 23.3 Å². The SMILES string of the molecule is C/C=C1/C(=O)OC/C1=C/CCCN1CCNCC1. The third-order valence-electron chi connectivity index (χ3n) is 3.49. The third-order valence-corrected chi connectivity index (χ3v) is 3.49. The second kappa shape index (κ2) is 6.71. The number of nitrogens with zero attached hydrogens (tertiary/aromatic N) is 1. The van der Waals surface area contributed by atoms with Gasteiger partial charge in [0, 0.05) is 26.2 Å². The highest BCUT2D eigenvalue weighted by atomic mass is 16.5. The normalized spacial score (nSPS) is 25.9. The minimum Gasteiger partial charge on any atom is -0.457 e. The van der Waals surface area contributed by atoms with Crippen LogP contribution in [0.1, 0.15) is 19.8 Å². The maximum Gasteiger partial charge on any atom is 0.338 e. The number of hydrogen-bond donors (Lipinski definition) is 1. The Balaban J connectivity index is 1.72. The van der Waals surface area contributed by atoms with Gasteiger partial charge in [0.2, 0.25) is 0 Å². The second-order valence-electron chi connectivity index (χ2n) is 4.74. The van der Waals surface area contributed by atoms with Gasteiger partial charge in [0.15, 0.2) is 0 Å². The smallest absolute Gasteiger partial charge is 0.338 e. The standard InChI is InChI=1S/C14H22N2O2/c1-2-13-12(11-18-14(13)17)5-3-4-8-16-9-6-15-7-10-16/h2,5,15H,3-4,6-11H2,1H3/b12-5-,13-2+. The van der Waals surface area contributed by atoms with E-state index in [1.165, 1.54) is 0 Å². The maximum atomic E-state index is 11.3. The summed E-state index contributed by atoms with van der Waals surface area (Å²) in [5.74, 6) is -0.175. The van der Waals surface area contributed by atoms with Crippen LogP contribution >= 0.6 is 0 Å². The van der Waals surface area contributed by atoms with Crippen molar-refractivity contribution >= 4 is 5.97 Å². The molecule has 0 spiro atoms. The largest absolute Gasteiger partial charge is 0.457 e. The third kappa shape index (κ3) is 3.43. The van der Waals surface area contributed by atoms with Crippen LogP contribution in [0, 0.1) is 0 Å². The minimum absolute atomic E-state index is 0.175. The van der Waals surface area contributed by atoms with E-state index in [0.717, 1.165) is 56.7 Å². The summed E-state index contributed by atoms with van der Waals surface area (Å²) in [4.78, 5) is 13.8. The molecule has 0 aromatic carbocycles. The van der Waals surface area contributed by atoms with Crippen molar-refractivity contribution in [2.24, 2.45) is 0 Å². The summed E-state index contributed by atoms with van der Waals surface area (Å²) in [6, 6.07) is 0. The Morgan fingerprint density at radius 1 is 1.39 bits per heavy atom. The average Bonchev–Trinajstić information content (AvgIpc) is 2.76. The van der Waals surface area contributed by atoms with E-state index in [1.54, 1.807) is 0 Å². The summed E-state index contributed by atoms with van der Waals surface area (Å²) in [6.07, 6.45) is 6.17. The predicted molar refractivity (Wildman–Crippen MR) is 71.3 cm³/mol. The van der Waals surface area contributed by atoms with Gasteiger partial charge < -0.3 is 15.0 Å². The number of carbonyl (C=O) groups is 1. The molecule has 0 unspecified atom stereocenters. The number of carbonyl (C=O) groups excluding carboxylic acids is 1. The van der Waals surface area contributed by atoms with Crippen LogP contribution in [0.2, 0.25) is 0 Å². The fourth-order valence-electron chi connectivity index (χ4n) is 2.43. The first-order chi connectivity index (χ1) is 8.81. The zero-order chi connectivity index (χ0) is 12.8. The molecule has 2 rings (SSSR count). The van der Waals surface area contributed by atoms with Gasteiger partial charge in [-0.25, -0.2) is 4.79 Å². The number of allylic oxidation sites excluding steroid dienone is 2. The van der Waals surface area contributed by atoms with Gasteiger partial charge in [0.25, 0.3) is 0 Å². The van der Waals surface area contributed by atoms with E-state index in [2.05, 4.69) is 16.3 Å². The molecule has 0 radical (unpaired) electrons. The van der Waals surface area contributed by atoms with Crippen molar-refractivity contribution in [2.75, 3.05) is 39.3 Å². The molecule has 2 heterocycles. The Labute approximate surface area is 109 Å². The van der Waals surface area contributed by atoms with Gasteiger partial charge in [-0.05, 0) is 31.9 Å². The highest BCUT2D eigenvalue weighted by Crippen LogP contribution is 2.20. The molecule has 4 heteroatoms. The van der Waals surface area contributed by atoms with E-state index in [4.69, 9.17) is 4.74 Å². The molecule has 0 atom stereocenters. The molecule has 0 saturated carbocycles. The number of ether oxygens (including phenoxy) is 1. The van der Waals surface area contributed by atoms with Crippen molar-refractivity contribution in [3.8, 4) is 0 Å². The summed E-state index contributed by atoms with van der Waals surface area (Å²) >= 11 is 0. The van der Waals surface area contributed by atoms with Crippen LogP contribution in [0.3, 0.4) is 0 Å². The Morgan fingerprint density at radius 2 is 2.17 bits per heavy atom. The van der Waals surface area contributed by atoms with Crippen molar-refractivity contribution in [3.63, 3.8) is 0 Å². The quantitative estimate of drug-likeness (QED) is 0.461. The number of esters is 1. The number of unbranched alkanes of at least 4 members (excludes halogenated alkanes) is 1. The molecule has 0 amide bonds. The fraction of sp³-hybridized carbons (Fsp3) is 0.643. The summed E-state index contributed by atoms with van der Waals surface area (Å²) in [7, 11) is 0. The van der Waals surface area contributed by atoms with Gasteiger partial charge >= 0.3 is 5.97 Å². The number of hydrogen-bond acceptors (Lipinski definition) is 4. The first-order valence-corrected chi connectivity index (χ1v) is 6.77. The molecule has 0 bridgehead atoms. The Bertz CT molecular complexity index is 355. The molecule has 18 heavy (non-hydrogen) atoms. The van der Waals surface area contributed by atoms with Gasteiger partial charge in [0.05, 0.1) is 5.57 Å². The molecule has 2 saturated heterocycles. The maximum absolute atomic E-state index is 11.3. The van der Waals surface area contributed by atoms with Crippen molar-refractivity contribution in [3.05, 3.63) is 23.3 Å². The molecule has 4 nitrogen and oxygen atoms in total. The molecule has 1 N–H and O–H groups in total. The lowest BCUT2D eigenvalue weighted by molar-refractivity contribution is -0.134. The molecular formula is C14H22N2O2. The van der Waals surface area contributed by atoms with E-state index in [9.17, 15) is 4.79 Å². The van der Waals surface area contributed by atoms with Crippen LogP contribution in [0.4, 0.5) is 0 Å². The van der Waals surface area contributed by atoms with E-state index in [1.807, 2.05) is 13.0 Å². The van der Waals surface area contributed by atoms with E-state index in [-0.39, 0.29) is 5.97 Å². The molecular weight excluding hydrogens is 228 g/mol. The molecule has 0 aromatic rings. The van der Waals surface area contributed by atoms with Crippen LogP contribution in [0.5, 0.6) is 0 Å². The van der Waals surface area contributed by atoms with Crippen LogP contribution < -0.4 is 5.32 Å². The van der Waals surface area contributed by atoms with Crippen molar-refractivity contribution < 1.29 is 9.53 Å². The van der Waals surface area contributed by atoms with Crippen LogP contribution in [-0.4, -0.2) is 50.2 Å². The first-order valence-electron chi connectivity index (χ1n) is 6.77. The zero-order valence-corrected chi connectivity index (χ0v) is 11.1. The summed E-state index contributed by atoms with van der Waals surface area (Å²) < 4.78 is 5.02. The number of cyclic esters (lactones) is 1. The Kier molecular flexibility index (Phi) is 4.96. The number of rotatable bonds is 4. The molecule has 2 aliphatic heterocycles. The van der Waals surface area contributed by atoms with Gasteiger partial charge in [0.1, 0.15) is 6.61 Å². The average molecular weight is 250 g/mol. The lowest BCUT2D eigenvalue weighted by Gasteiger charge is -2.26. The number of nitrogens with one attached hydrogen (secondary N) is 1.